The minimum absolute atomic E-state index is 0. The van der Waals surface area contributed by atoms with E-state index >= 15 is 0 Å². The maximum absolute atomic E-state index is 11.4. The molecule has 0 aromatic carbocycles. The molecule has 8 nitrogen and oxygen atoms in total. The number of hydrogen-bond donors (Lipinski definition) is 2. The van der Waals surface area contributed by atoms with Crippen LogP contribution in [0.2, 0.25) is 0 Å². The van der Waals surface area contributed by atoms with Crippen molar-refractivity contribution in [3.05, 3.63) is 49.1 Å². The number of ether oxygens (including phenoxy) is 2. The van der Waals surface area contributed by atoms with E-state index in [1.807, 2.05) is 24.3 Å². The molecule has 0 aromatic rings. The third kappa shape index (κ3) is 9.97. The topological polar surface area (TPSA) is 127 Å². The Bertz CT molecular complexity index is 659. The molecule has 1 aliphatic carbocycles. The van der Waals surface area contributed by atoms with Crippen molar-refractivity contribution in [1.29, 1.82) is 0 Å². The SMILES string of the molecule is C.C.C=C/C=C/CCO.O=C1C=CC(=O)O1.O=C1OCC[C@@H]2C=CC[C@H](C(=O)O)[C@H]12. The third-order valence-corrected chi connectivity index (χ3v) is 4.08. The molecule has 3 rings (SSSR count). The second-order valence-electron chi connectivity index (χ2n) is 6.00. The van der Waals surface area contributed by atoms with Gasteiger partial charge in [0.05, 0.1) is 18.4 Å². The number of carbonyl (C=O) groups excluding carboxylic acids is 3. The van der Waals surface area contributed by atoms with Crippen LogP contribution in [0.15, 0.2) is 49.1 Å². The number of esters is 3. The molecule has 3 atom stereocenters. The van der Waals surface area contributed by atoms with Gasteiger partial charge in [0.2, 0.25) is 0 Å². The molecular weight excluding hydrogens is 392 g/mol. The Labute approximate surface area is 177 Å². The summed E-state index contributed by atoms with van der Waals surface area (Å²) < 4.78 is 8.86. The maximum Gasteiger partial charge on any atom is 0.338 e. The number of allylic oxidation sites excluding steroid dienone is 4. The van der Waals surface area contributed by atoms with Crippen LogP contribution in [-0.4, -0.2) is 47.3 Å². The fourth-order valence-corrected chi connectivity index (χ4v) is 2.80. The Morgan fingerprint density at radius 3 is 2.30 bits per heavy atom. The molecule has 1 saturated heterocycles. The zero-order valence-electron chi connectivity index (χ0n) is 15.4. The minimum atomic E-state index is -0.900. The van der Waals surface area contributed by atoms with Crippen LogP contribution in [0.4, 0.5) is 0 Å². The van der Waals surface area contributed by atoms with Crippen molar-refractivity contribution in [1.82, 2.24) is 0 Å². The van der Waals surface area contributed by atoms with Crippen molar-refractivity contribution in [3.63, 3.8) is 0 Å². The van der Waals surface area contributed by atoms with Gasteiger partial charge in [-0.2, -0.15) is 0 Å². The van der Waals surface area contributed by atoms with E-state index in [2.05, 4.69) is 11.3 Å². The summed E-state index contributed by atoms with van der Waals surface area (Å²) in [7, 11) is 0. The second kappa shape index (κ2) is 15.9. The Morgan fingerprint density at radius 1 is 1.20 bits per heavy atom. The van der Waals surface area contributed by atoms with Crippen LogP contribution in [0.25, 0.3) is 0 Å². The zero-order chi connectivity index (χ0) is 20.9. The number of carboxylic acid groups (broad SMARTS) is 1. The normalized spacial score (nSPS) is 23.2. The van der Waals surface area contributed by atoms with Gasteiger partial charge in [-0.05, 0) is 25.2 Å². The summed E-state index contributed by atoms with van der Waals surface area (Å²) in [6, 6.07) is 0. The lowest BCUT2D eigenvalue weighted by Crippen LogP contribution is -2.41. The average molecular weight is 424 g/mol. The number of aliphatic hydroxyl groups excluding tert-OH is 1. The molecule has 0 aromatic heterocycles. The highest BCUT2D eigenvalue weighted by Crippen LogP contribution is 2.36. The maximum atomic E-state index is 11.4. The summed E-state index contributed by atoms with van der Waals surface area (Å²) in [4.78, 5) is 42.2. The molecule has 0 amide bonds. The van der Waals surface area contributed by atoms with Crippen LogP contribution in [0, 0.1) is 17.8 Å². The van der Waals surface area contributed by atoms with Crippen molar-refractivity contribution in [2.24, 2.45) is 17.8 Å². The first-order valence-electron chi connectivity index (χ1n) is 8.79. The van der Waals surface area contributed by atoms with Gasteiger partial charge in [-0.1, -0.05) is 51.8 Å². The lowest BCUT2D eigenvalue weighted by atomic mass is 9.73. The first kappa shape index (κ1) is 29.2. The first-order chi connectivity index (χ1) is 13.4. The number of carbonyl (C=O) groups is 4. The van der Waals surface area contributed by atoms with Gasteiger partial charge >= 0.3 is 23.9 Å². The van der Waals surface area contributed by atoms with Crippen LogP contribution < -0.4 is 0 Å². The summed E-state index contributed by atoms with van der Waals surface area (Å²) in [6.45, 7) is 4.10. The molecule has 3 aliphatic rings. The van der Waals surface area contributed by atoms with Crippen LogP contribution in [-0.2, 0) is 28.7 Å². The number of cyclic esters (lactones) is 3. The van der Waals surface area contributed by atoms with E-state index in [4.69, 9.17) is 14.9 Å². The van der Waals surface area contributed by atoms with Gasteiger partial charge in [-0.3, -0.25) is 9.59 Å². The minimum Gasteiger partial charge on any atom is -0.481 e. The predicted octanol–water partition coefficient (Wildman–Crippen LogP) is 2.84. The molecule has 1 fully saturated rings. The lowest BCUT2D eigenvalue weighted by molar-refractivity contribution is -0.165. The molecule has 30 heavy (non-hydrogen) atoms. The quantitative estimate of drug-likeness (QED) is 0.305. The average Bonchev–Trinajstić information content (AvgIpc) is 3.06. The Hall–Kier alpha value is -3.00. The van der Waals surface area contributed by atoms with E-state index in [1.54, 1.807) is 6.08 Å². The van der Waals surface area contributed by atoms with Crippen molar-refractivity contribution in [2.75, 3.05) is 13.2 Å². The summed E-state index contributed by atoms with van der Waals surface area (Å²) >= 11 is 0. The van der Waals surface area contributed by atoms with E-state index in [-0.39, 0.29) is 33.3 Å². The molecule has 2 N–H and O–H groups in total. The fraction of sp³-hybridized carbons (Fsp3) is 0.455. The third-order valence-electron chi connectivity index (χ3n) is 4.08. The lowest BCUT2D eigenvalue weighted by Gasteiger charge is -2.34. The number of fused-ring (bicyclic) bond motifs is 1. The van der Waals surface area contributed by atoms with Crippen molar-refractivity contribution in [3.8, 4) is 0 Å². The first-order valence-corrected chi connectivity index (χ1v) is 8.79. The molecule has 168 valence electrons. The molecular formula is C22H32O8. The van der Waals surface area contributed by atoms with E-state index in [0.717, 1.165) is 25.0 Å². The monoisotopic (exact) mass is 424 g/mol. The smallest absolute Gasteiger partial charge is 0.338 e. The van der Waals surface area contributed by atoms with Gasteiger partial charge in [-0.25, -0.2) is 9.59 Å². The molecule has 0 spiro atoms. The fourth-order valence-electron chi connectivity index (χ4n) is 2.80. The van der Waals surface area contributed by atoms with E-state index < -0.39 is 29.7 Å². The van der Waals surface area contributed by atoms with E-state index in [9.17, 15) is 19.2 Å². The van der Waals surface area contributed by atoms with Gasteiger partial charge in [-0.15, -0.1) is 0 Å². The summed E-state index contributed by atoms with van der Waals surface area (Å²) in [6.07, 6.45) is 13.3. The van der Waals surface area contributed by atoms with Gasteiger partial charge in [0.25, 0.3) is 0 Å². The summed E-state index contributed by atoms with van der Waals surface area (Å²) in [5, 5.41) is 17.2. The number of hydrogen-bond acceptors (Lipinski definition) is 7. The Kier molecular flexibility index (Phi) is 15.4. The molecule has 0 saturated carbocycles. The number of aliphatic hydroxyl groups is 1. The number of carboxylic acids is 1. The van der Waals surface area contributed by atoms with Crippen molar-refractivity contribution >= 4 is 23.9 Å². The van der Waals surface area contributed by atoms with Crippen LogP contribution in [0.3, 0.4) is 0 Å². The standard InChI is InChI=1S/C10H12O4.C6H10O.C4H2O3.2CH4/c11-9(12)7-3-1-2-6-4-5-14-10(13)8(6)7;1-2-3-4-5-6-7;5-3-1-2-4(6)7-3;;/h1-2,6-8H,3-5H2,(H,11,12);2-4,7H,1,5-6H2;1-2H;2*1H4/b;4-3+;;;/t6-,7-,8+;;;;/m0..../s1. The Balaban J connectivity index is 0. The highest BCUT2D eigenvalue weighted by molar-refractivity contribution is 6.04. The molecule has 0 unspecified atom stereocenters. The van der Waals surface area contributed by atoms with Gasteiger partial charge in [0.15, 0.2) is 0 Å². The van der Waals surface area contributed by atoms with Crippen molar-refractivity contribution in [2.45, 2.75) is 34.1 Å². The van der Waals surface area contributed by atoms with Gasteiger partial charge < -0.3 is 19.7 Å². The number of aliphatic carboxylic acids is 1. The summed E-state index contributed by atoms with van der Waals surface area (Å²) in [5.74, 6) is -3.41. The highest BCUT2D eigenvalue weighted by Gasteiger charge is 2.43. The molecule has 8 heteroatoms. The van der Waals surface area contributed by atoms with E-state index in [0.29, 0.717) is 13.0 Å². The largest absolute Gasteiger partial charge is 0.481 e. The van der Waals surface area contributed by atoms with Crippen molar-refractivity contribution < 1.29 is 38.9 Å². The molecule has 0 bridgehead atoms. The van der Waals surface area contributed by atoms with Gasteiger partial charge in [0.1, 0.15) is 0 Å². The van der Waals surface area contributed by atoms with Gasteiger partial charge in [0, 0.05) is 18.8 Å². The highest BCUT2D eigenvalue weighted by atomic mass is 16.6. The Morgan fingerprint density at radius 2 is 1.83 bits per heavy atom. The number of rotatable bonds is 4. The molecule has 2 aliphatic heterocycles. The zero-order valence-corrected chi connectivity index (χ0v) is 15.4. The molecule has 0 radical (unpaired) electrons. The predicted molar refractivity (Wildman–Crippen MR) is 112 cm³/mol. The summed E-state index contributed by atoms with van der Waals surface area (Å²) in [5.41, 5.74) is 0. The van der Waals surface area contributed by atoms with E-state index in [1.165, 1.54) is 0 Å². The van der Waals surface area contributed by atoms with Crippen LogP contribution >= 0.6 is 0 Å². The van der Waals surface area contributed by atoms with Crippen LogP contribution in [0.1, 0.15) is 34.1 Å². The second-order valence-corrected chi connectivity index (χ2v) is 6.00. The molecule has 2 heterocycles. The van der Waals surface area contributed by atoms with Crippen LogP contribution in [0.5, 0.6) is 0 Å².